The van der Waals surface area contributed by atoms with Gasteiger partial charge >= 0.3 is 17.9 Å². The Hall–Kier alpha value is -2.91. The molecule has 0 radical (unpaired) electrons. The zero-order valence-electron chi connectivity index (χ0n) is 47.9. The second-order valence-electron chi connectivity index (χ2n) is 20.3. The Morgan fingerprint density at radius 1 is 0.347 bits per heavy atom. The van der Waals surface area contributed by atoms with Gasteiger partial charge < -0.3 is 30.2 Å². The Morgan fingerprint density at radius 3 is 0.747 bits per heavy atom. The number of amides is 3. The lowest BCUT2D eigenvalue weighted by atomic mass is 10.0. The molecule has 0 saturated heterocycles. The number of ether oxygens (including phenoxy) is 3. The minimum absolute atomic E-state index is 0.0437. The van der Waals surface area contributed by atoms with Crippen molar-refractivity contribution in [3.8, 4) is 0 Å². The van der Waals surface area contributed by atoms with Crippen LogP contribution in [0.15, 0.2) is 18.2 Å². The van der Waals surface area contributed by atoms with E-state index in [0.717, 1.165) is 77.0 Å². The molecular formula is C60H105N3O9S3. The van der Waals surface area contributed by atoms with E-state index in [9.17, 15) is 28.8 Å². The second kappa shape index (κ2) is 49.4. The summed E-state index contributed by atoms with van der Waals surface area (Å²) in [5, 5.41) is 8.49. The van der Waals surface area contributed by atoms with Crippen molar-refractivity contribution in [1.82, 2.24) is 16.0 Å². The summed E-state index contributed by atoms with van der Waals surface area (Å²) in [4.78, 5) is 83.1. The molecule has 0 fully saturated rings. The van der Waals surface area contributed by atoms with Gasteiger partial charge in [0.15, 0.2) is 0 Å². The molecule has 0 aliphatic heterocycles. The number of benzene rings is 1. The van der Waals surface area contributed by atoms with Gasteiger partial charge in [-0.1, -0.05) is 194 Å². The number of hydrogen-bond acceptors (Lipinski definition) is 12. The van der Waals surface area contributed by atoms with E-state index < -0.39 is 53.8 Å². The molecule has 0 spiro atoms. The Kier molecular flexibility index (Phi) is 46.2. The molecule has 0 saturated carbocycles. The average Bonchev–Trinajstić information content (AvgIpc) is 3.41. The van der Waals surface area contributed by atoms with Crippen LogP contribution in [0.25, 0.3) is 0 Å². The maximum Gasteiger partial charge on any atom is 0.328 e. The van der Waals surface area contributed by atoms with E-state index in [1.54, 1.807) is 0 Å². The molecule has 12 nitrogen and oxygen atoms in total. The lowest BCUT2D eigenvalue weighted by molar-refractivity contribution is -0.147. The Bertz CT molecular complexity index is 1460. The molecule has 0 bridgehead atoms. The Labute approximate surface area is 468 Å². The summed E-state index contributed by atoms with van der Waals surface area (Å²) < 4.78 is 17.1. The maximum absolute atomic E-state index is 14.2. The summed E-state index contributed by atoms with van der Waals surface area (Å²) in [5.41, 5.74) is -0.131. The molecule has 0 aromatic heterocycles. The van der Waals surface area contributed by atoms with Crippen LogP contribution in [0, 0.1) is 0 Å². The summed E-state index contributed by atoms with van der Waals surface area (Å²) in [6, 6.07) is 1.17. The number of carbonyl (C=O) groups is 6. The van der Waals surface area contributed by atoms with Crippen LogP contribution in [0.5, 0.6) is 0 Å². The van der Waals surface area contributed by atoms with Gasteiger partial charge in [-0.05, 0) is 92.7 Å². The van der Waals surface area contributed by atoms with Crippen molar-refractivity contribution in [2.45, 2.75) is 251 Å². The van der Waals surface area contributed by atoms with Gasteiger partial charge in [0.2, 0.25) is 0 Å². The van der Waals surface area contributed by atoms with E-state index in [4.69, 9.17) is 14.2 Å². The topological polar surface area (TPSA) is 166 Å². The third-order valence-electron chi connectivity index (χ3n) is 13.5. The molecule has 0 heterocycles. The van der Waals surface area contributed by atoms with Gasteiger partial charge in [-0.25, -0.2) is 14.4 Å². The normalized spacial score (nSPS) is 12.4. The van der Waals surface area contributed by atoms with Crippen molar-refractivity contribution >= 4 is 70.9 Å². The first-order chi connectivity index (χ1) is 36.6. The van der Waals surface area contributed by atoms with E-state index in [1.165, 1.54) is 169 Å². The molecule has 3 amide bonds. The van der Waals surface area contributed by atoms with Crippen molar-refractivity contribution in [3.63, 3.8) is 0 Å². The molecule has 432 valence electrons. The standard InChI is InChI=1S/C60H105N3O9S3/c1-7-10-13-16-19-22-25-28-31-34-40-70-58(67)52(37-43-73-4)61-55(64)49-46-50(56(65)62-53(38-44-74-5)59(68)71-41-35-32-29-26-23-20-17-14-11-8-2)48-51(47-49)57(66)63-54(39-45-75-6)60(69)72-42-36-33-30-27-24-21-18-15-12-9-3/h46-48,52-54H,7-45H2,1-6H3,(H,61,64)(H,62,65)(H,63,66)/t52-,53-,54-/m0/s1. The summed E-state index contributed by atoms with van der Waals surface area (Å²) in [6.07, 6.45) is 41.2. The first kappa shape index (κ1) is 70.1. The van der Waals surface area contributed by atoms with Crippen LogP contribution in [0.3, 0.4) is 0 Å². The first-order valence-corrected chi connectivity index (χ1v) is 33.8. The van der Waals surface area contributed by atoms with Crippen LogP contribution in [0.2, 0.25) is 0 Å². The number of rotatable bonds is 51. The summed E-state index contributed by atoms with van der Waals surface area (Å²) in [7, 11) is 0. The SMILES string of the molecule is CCCCCCCCCCCCOC(=O)[C@H](CCSC)NC(=O)c1cc(C(=O)N[C@@H](CCSC)C(=O)OCCCCCCCCCCCC)cc(C(=O)N[C@@H](CCSC)C(=O)OCCCCCCCCCCCC)c1. The third kappa shape index (κ3) is 36.8. The molecule has 1 aromatic rings. The van der Waals surface area contributed by atoms with E-state index >= 15 is 0 Å². The van der Waals surface area contributed by atoms with E-state index in [-0.39, 0.29) is 36.5 Å². The van der Waals surface area contributed by atoms with Crippen molar-refractivity contribution in [2.75, 3.05) is 55.8 Å². The fourth-order valence-electron chi connectivity index (χ4n) is 8.79. The molecule has 75 heavy (non-hydrogen) atoms. The summed E-state index contributed by atoms with van der Waals surface area (Å²) in [6.45, 7) is 7.42. The summed E-state index contributed by atoms with van der Waals surface area (Å²) in [5.74, 6) is -1.92. The molecule has 3 N–H and O–H groups in total. The Morgan fingerprint density at radius 2 is 0.547 bits per heavy atom. The van der Waals surface area contributed by atoms with Gasteiger partial charge in [0.25, 0.3) is 17.7 Å². The van der Waals surface area contributed by atoms with Crippen LogP contribution >= 0.6 is 35.3 Å². The quantitative estimate of drug-likeness (QED) is 0.0322. The van der Waals surface area contributed by atoms with Crippen LogP contribution in [-0.2, 0) is 28.6 Å². The highest BCUT2D eigenvalue weighted by molar-refractivity contribution is 7.98. The minimum Gasteiger partial charge on any atom is -0.464 e. The lowest BCUT2D eigenvalue weighted by Gasteiger charge is -2.20. The van der Waals surface area contributed by atoms with E-state index in [0.29, 0.717) is 36.5 Å². The largest absolute Gasteiger partial charge is 0.464 e. The zero-order valence-corrected chi connectivity index (χ0v) is 50.4. The van der Waals surface area contributed by atoms with Crippen LogP contribution < -0.4 is 16.0 Å². The first-order valence-electron chi connectivity index (χ1n) is 29.6. The van der Waals surface area contributed by atoms with Crippen molar-refractivity contribution in [2.24, 2.45) is 0 Å². The highest BCUT2D eigenvalue weighted by Crippen LogP contribution is 2.18. The predicted octanol–water partition coefficient (Wildman–Crippen LogP) is 14.6. The Balaban J connectivity index is 3.25. The van der Waals surface area contributed by atoms with Gasteiger partial charge in [-0.15, -0.1) is 0 Å². The smallest absolute Gasteiger partial charge is 0.328 e. The van der Waals surface area contributed by atoms with Crippen molar-refractivity contribution in [3.05, 3.63) is 34.9 Å². The van der Waals surface area contributed by atoms with Crippen LogP contribution in [0.4, 0.5) is 0 Å². The molecule has 0 aliphatic carbocycles. The van der Waals surface area contributed by atoms with Crippen molar-refractivity contribution < 1.29 is 43.0 Å². The highest BCUT2D eigenvalue weighted by atomic mass is 32.2. The van der Waals surface area contributed by atoms with Crippen molar-refractivity contribution in [1.29, 1.82) is 0 Å². The molecule has 3 atom stereocenters. The summed E-state index contributed by atoms with van der Waals surface area (Å²) >= 11 is 4.61. The number of carbonyl (C=O) groups excluding carboxylic acids is 6. The maximum atomic E-state index is 14.2. The number of nitrogens with one attached hydrogen (secondary N) is 3. The van der Waals surface area contributed by atoms with Crippen LogP contribution in [0.1, 0.15) is 264 Å². The predicted molar refractivity (Wildman–Crippen MR) is 318 cm³/mol. The second-order valence-corrected chi connectivity index (χ2v) is 23.2. The van der Waals surface area contributed by atoms with Gasteiger partial charge in [0.1, 0.15) is 18.1 Å². The molecule has 15 heteroatoms. The minimum atomic E-state index is -0.967. The fraction of sp³-hybridized carbons (Fsp3) is 0.800. The third-order valence-corrected chi connectivity index (χ3v) is 15.5. The number of thioether (sulfide) groups is 3. The number of esters is 3. The van der Waals surface area contributed by atoms with E-state index in [2.05, 4.69) is 36.7 Å². The molecule has 0 aliphatic rings. The van der Waals surface area contributed by atoms with Crippen LogP contribution in [-0.4, -0.2) is 110 Å². The van der Waals surface area contributed by atoms with Gasteiger partial charge in [-0.2, -0.15) is 35.3 Å². The highest BCUT2D eigenvalue weighted by Gasteiger charge is 2.28. The zero-order chi connectivity index (χ0) is 55.0. The van der Waals surface area contributed by atoms with Gasteiger partial charge in [0.05, 0.1) is 19.8 Å². The molecular weight excluding hydrogens is 1000 g/mol. The number of unbranched alkanes of at least 4 members (excludes halogenated alkanes) is 27. The average molecular weight is 1110 g/mol. The van der Waals surface area contributed by atoms with Gasteiger partial charge in [0, 0.05) is 16.7 Å². The molecule has 0 unspecified atom stereocenters. The molecule has 1 aromatic carbocycles. The fourth-order valence-corrected chi connectivity index (χ4v) is 10.2. The lowest BCUT2D eigenvalue weighted by Crippen LogP contribution is -2.44. The molecule has 1 rings (SSSR count). The van der Waals surface area contributed by atoms with E-state index in [1.807, 2.05) is 18.8 Å². The number of hydrogen-bond donors (Lipinski definition) is 3. The monoisotopic (exact) mass is 1110 g/mol. The van der Waals surface area contributed by atoms with Gasteiger partial charge in [-0.3, -0.25) is 14.4 Å².